The molecule has 0 atom stereocenters. The lowest BCUT2D eigenvalue weighted by atomic mass is 10.0. The highest BCUT2D eigenvalue weighted by molar-refractivity contribution is 9.10. The number of ether oxygens (including phenoxy) is 2. The highest BCUT2D eigenvalue weighted by Gasteiger charge is 2.48. The summed E-state index contributed by atoms with van der Waals surface area (Å²) >= 11 is 3.33. The van der Waals surface area contributed by atoms with Crippen molar-refractivity contribution < 1.29 is 19.1 Å². The van der Waals surface area contributed by atoms with Crippen LogP contribution in [-0.4, -0.2) is 19.2 Å². The summed E-state index contributed by atoms with van der Waals surface area (Å²) in [7, 11) is 0. The van der Waals surface area contributed by atoms with E-state index in [9.17, 15) is 9.59 Å². The molecule has 1 aliphatic heterocycles. The molecule has 1 aromatic rings. The van der Waals surface area contributed by atoms with E-state index in [2.05, 4.69) is 20.9 Å². The third kappa shape index (κ3) is 1.50. The standard InChI is InChI=1S/C12H8BrNO4/c13-9-3-8(12(1-2-12)14-5-16)11-10(7(9)4-15)17-6-18-11/h3-4H,1-2,6H2. The molecule has 1 saturated carbocycles. The lowest BCUT2D eigenvalue weighted by Gasteiger charge is -2.13. The summed E-state index contributed by atoms with van der Waals surface area (Å²) in [5.74, 6) is 0.929. The number of hydrogen-bond donors (Lipinski definition) is 0. The summed E-state index contributed by atoms with van der Waals surface area (Å²) < 4.78 is 11.3. The Balaban J connectivity index is 2.23. The van der Waals surface area contributed by atoms with E-state index in [0.717, 1.165) is 18.4 Å². The molecule has 0 N–H and O–H groups in total. The van der Waals surface area contributed by atoms with Crippen LogP contribution < -0.4 is 9.47 Å². The number of fused-ring (bicyclic) bond motifs is 1. The smallest absolute Gasteiger partial charge is 0.235 e. The second-order valence-electron chi connectivity index (χ2n) is 4.24. The van der Waals surface area contributed by atoms with Gasteiger partial charge in [0.1, 0.15) is 5.54 Å². The molecule has 1 aromatic carbocycles. The van der Waals surface area contributed by atoms with Crippen molar-refractivity contribution in [3.8, 4) is 11.5 Å². The molecule has 0 spiro atoms. The van der Waals surface area contributed by atoms with Crippen molar-refractivity contribution in [3.05, 3.63) is 21.7 Å². The van der Waals surface area contributed by atoms with Crippen molar-refractivity contribution in [2.75, 3.05) is 6.79 Å². The lowest BCUT2D eigenvalue weighted by molar-refractivity contribution is 0.111. The zero-order valence-corrected chi connectivity index (χ0v) is 10.8. The van der Waals surface area contributed by atoms with Gasteiger partial charge in [0.15, 0.2) is 17.8 Å². The molecule has 3 rings (SSSR count). The van der Waals surface area contributed by atoms with E-state index in [-0.39, 0.29) is 6.79 Å². The van der Waals surface area contributed by atoms with Gasteiger partial charge in [0.05, 0.1) is 5.56 Å². The third-order valence-corrected chi connectivity index (χ3v) is 3.89. The van der Waals surface area contributed by atoms with E-state index >= 15 is 0 Å². The lowest BCUT2D eigenvalue weighted by Crippen LogP contribution is -2.05. The summed E-state index contributed by atoms with van der Waals surface area (Å²) in [5.41, 5.74) is 0.636. The van der Waals surface area contributed by atoms with Gasteiger partial charge in [-0.2, -0.15) is 4.99 Å². The maximum Gasteiger partial charge on any atom is 0.235 e. The summed E-state index contributed by atoms with van der Waals surface area (Å²) in [6, 6.07) is 1.77. The first-order valence-electron chi connectivity index (χ1n) is 5.38. The summed E-state index contributed by atoms with van der Waals surface area (Å²) in [4.78, 5) is 25.4. The van der Waals surface area contributed by atoms with Gasteiger partial charge in [-0.25, -0.2) is 4.79 Å². The van der Waals surface area contributed by atoms with Crippen LogP contribution in [0.2, 0.25) is 0 Å². The average molecular weight is 310 g/mol. The third-order valence-electron chi connectivity index (χ3n) is 3.23. The van der Waals surface area contributed by atoms with E-state index in [4.69, 9.17) is 9.47 Å². The zero-order valence-electron chi connectivity index (χ0n) is 9.23. The Kier molecular flexibility index (Phi) is 2.50. The van der Waals surface area contributed by atoms with Gasteiger partial charge in [-0.15, -0.1) is 0 Å². The summed E-state index contributed by atoms with van der Waals surface area (Å²) in [6.45, 7) is 0.0700. The van der Waals surface area contributed by atoms with Crippen molar-refractivity contribution in [2.24, 2.45) is 4.99 Å². The number of hydrogen-bond acceptors (Lipinski definition) is 5. The minimum Gasteiger partial charge on any atom is -0.453 e. The fourth-order valence-electron chi connectivity index (χ4n) is 2.16. The van der Waals surface area contributed by atoms with Gasteiger partial charge >= 0.3 is 0 Å². The highest BCUT2D eigenvalue weighted by atomic mass is 79.9. The van der Waals surface area contributed by atoms with E-state index in [1.54, 1.807) is 12.1 Å². The van der Waals surface area contributed by atoms with Gasteiger partial charge in [-0.3, -0.25) is 4.79 Å². The van der Waals surface area contributed by atoms with Crippen LogP contribution in [0.4, 0.5) is 0 Å². The number of benzene rings is 1. The van der Waals surface area contributed by atoms with Gasteiger partial charge in [0, 0.05) is 10.0 Å². The maximum absolute atomic E-state index is 11.0. The van der Waals surface area contributed by atoms with Crippen molar-refractivity contribution in [1.29, 1.82) is 0 Å². The van der Waals surface area contributed by atoms with Crippen molar-refractivity contribution in [1.82, 2.24) is 0 Å². The van der Waals surface area contributed by atoms with E-state index < -0.39 is 5.54 Å². The largest absolute Gasteiger partial charge is 0.453 e. The first kappa shape index (κ1) is 11.4. The van der Waals surface area contributed by atoms with Gasteiger partial charge < -0.3 is 9.47 Å². The molecule has 0 aromatic heterocycles. The number of aliphatic imine (C=N–C) groups is 1. The Morgan fingerprint density at radius 2 is 2.11 bits per heavy atom. The quantitative estimate of drug-likeness (QED) is 0.488. The first-order valence-corrected chi connectivity index (χ1v) is 6.18. The number of carbonyl (C=O) groups excluding carboxylic acids is 2. The number of rotatable bonds is 3. The first-order chi connectivity index (χ1) is 8.72. The van der Waals surface area contributed by atoms with Crippen molar-refractivity contribution >= 4 is 28.3 Å². The van der Waals surface area contributed by atoms with Crippen LogP contribution in [0.5, 0.6) is 11.5 Å². The predicted octanol–water partition coefficient (Wildman–Crippen LogP) is 2.32. The number of isocyanates is 1. The average Bonchev–Trinajstić information content (AvgIpc) is 2.97. The van der Waals surface area contributed by atoms with Crippen molar-refractivity contribution in [3.63, 3.8) is 0 Å². The van der Waals surface area contributed by atoms with Crippen LogP contribution in [0, 0.1) is 0 Å². The second-order valence-corrected chi connectivity index (χ2v) is 5.09. The molecular weight excluding hydrogens is 302 g/mol. The van der Waals surface area contributed by atoms with Gasteiger partial charge in [-0.1, -0.05) is 0 Å². The van der Waals surface area contributed by atoms with E-state index in [1.807, 2.05) is 0 Å². The molecule has 18 heavy (non-hydrogen) atoms. The Bertz CT molecular complexity index is 588. The summed E-state index contributed by atoms with van der Waals surface area (Å²) in [6.07, 6.45) is 3.85. The molecule has 0 amide bonds. The molecule has 92 valence electrons. The monoisotopic (exact) mass is 309 g/mol. The van der Waals surface area contributed by atoms with Crippen LogP contribution >= 0.6 is 15.9 Å². The molecular formula is C12H8BrNO4. The number of nitrogens with zero attached hydrogens (tertiary/aromatic N) is 1. The Morgan fingerprint density at radius 3 is 2.72 bits per heavy atom. The topological polar surface area (TPSA) is 65.0 Å². The van der Waals surface area contributed by atoms with Crippen LogP contribution in [-0.2, 0) is 10.3 Å². The van der Waals surface area contributed by atoms with Crippen LogP contribution in [0.1, 0.15) is 28.8 Å². The minimum atomic E-state index is -0.552. The van der Waals surface area contributed by atoms with Crippen LogP contribution in [0.15, 0.2) is 15.5 Å². The second kappa shape index (κ2) is 3.93. The molecule has 1 fully saturated rings. The normalized spacial score (nSPS) is 18.1. The van der Waals surface area contributed by atoms with E-state index in [0.29, 0.717) is 27.8 Å². The zero-order chi connectivity index (χ0) is 12.8. The highest BCUT2D eigenvalue weighted by Crippen LogP contribution is 2.56. The fourth-order valence-corrected chi connectivity index (χ4v) is 2.66. The maximum atomic E-state index is 11.0. The number of aldehydes is 1. The van der Waals surface area contributed by atoms with Crippen molar-refractivity contribution in [2.45, 2.75) is 18.4 Å². The SMILES string of the molecule is O=C=NC1(c2cc(Br)c(C=O)c3c2OCO3)CC1. The van der Waals surface area contributed by atoms with Crippen LogP contribution in [0.3, 0.4) is 0 Å². The Morgan fingerprint density at radius 1 is 1.39 bits per heavy atom. The number of halogens is 1. The number of carbonyl (C=O) groups is 1. The molecule has 5 nitrogen and oxygen atoms in total. The van der Waals surface area contributed by atoms with Crippen LogP contribution in [0.25, 0.3) is 0 Å². The molecule has 0 radical (unpaired) electrons. The molecule has 2 aliphatic rings. The Hall–Kier alpha value is -1.65. The minimum absolute atomic E-state index is 0.0700. The van der Waals surface area contributed by atoms with Gasteiger partial charge in [-0.05, 0) is 34.8 Å². The predicted molar refractivity (Wildman–Crippen MR) is 64.7 cm³/mol. The molecule has 1 aliphatic carbocycles. The van der Waals surface area contributed by atoms with E-state index in [1.165, 1.54) is 0 Å². The van der Waals surface area contributed by atoms with Gasteiger partial charge in [0.25, 0.3) is 0 Å². The molecule has 1 heterocycles. The summed E-state index contributed by atoms with van der Waals surface area (Å²) in [5, 5.41) is 0. The molecule has 0 unspecified atom stereocenters. The fraction of sp³-hybridized carbons (Fsp3) is 0.333. The van der Waals surface area contributed by atoms with Gasteiger partial charge in [0.2, 0.25) is 12.9 Å². The molecule has 0 bridgehead atoms. The molecule has 6 heteroatoms. The Labute approximate surface area is 111 Å². The molecule has 0 saturated heterocycles.